The van der Waals surface area contributed by atoms with Crippen LogP contribution in [0.1, 0.15) is 29.2 Å². The van der Waals surface area contributed by atoms with Crippen LogP contribution in [0.2, 0.25) is 0 Å². The van der Waals surface area contributed by atoms with Crippen LogP contribution in [0.15, 0.2) is 18.2 Å². The summed E-state index contributed by atoms with van der Waals surface area (Å²) in [5.41, 5.74) is 3.31. The van der Waals surface area contributed by atoms with Gasteiger partial charge in [-0.15, -0.1) is 0 Å². The van der Waals surface area contributed by atoms with Gasteiger partial charge in [-0.2, -0.15) is 0 Å². The van der Waals surface area contributed by atoms with E-state index in [2.05, 4.69) is 11.4 Å². The van der Waals surface area contributed by atoms with Crippen molar-refractivity contribution in [2.45, 2.75) is 26.3 Å². The van der Waals surface area contributed by atoms with E-state index < -0.39 is 9.84 Å². The number of hydrogen-bond donors (Lipinski definition) is 1. The Bertz CT molecular complexity index is 526. The molecule has 20 heavy (non-hydrogen) atoms. The van der Waals surface area contributed by atoms with Gasteiger partial charge in [-0.25, -0.2) is 8.42 Å². The highest BCUT2D eigenvalue weighted by Crippen LogP contribution is 2.21. The van der Waals surface area contributed by atoms with Crippen molar-refractivity contribution in [1.82, 2.24) is 5.32 Å². The van der Waals surface area contributed by atoms with E-state index in [-0.39, 0.29) is 17.5 Å². The molecule has 114 valence electrons. The average molecular weight is 299 g/mol. The molecule has 5 heteroatoms. The first kappa shape index (κ1) is 17.1. The van der Waals surface area contributed by atoms with Crippen molar-refractivity contribution < 1.29 is 13.2 Å². The minimum absolute atomic E-state index is 0.123. The van der Waals surface area contributed by atoms with E-state index in [1.807, 2.05) is 26.0 Å². The lowest BCUT2D eigenvalue weighted by Crippen LogP contribution is -2.27. The van der Waals surface area contributed by atoms with Gasteiger partial charge in [-0.05, 0) is 38.4 Å². The molecule has 0 saturated heterocycles. The highest BCUT2D eigenvalue weighted by molar-refractivity contribution is 7.91. The third kappa shape index (κ3) is 5.23. The van der Waals surface area contributed by atoms with Gasteiger partial charge in [0.2, 0.25) is 0 Å². The smallest absolute Gasteiger partial charge is 0.152 e. The Morgan fingerprint density at radius 1 is 1.30 bits per heavy atom. The maximum Gasteiger partial charge on any atom is 0.152 e. The van der Waals surface area contributed by atoms with E-state index in [0.717, 1.165) is 16.7 Å². The number of methoxy groups -OCH3 is 1. The molecule has 0 radical (unpaired) electrons. The van der Waals surface area contributed by atoms with Gasteiger partial charge in [-0.3, -0.25) is 0 Å². The Kier molecular flexibility index (Phi) is 6.65. The molecular formula is C15H25NO3S. The molecule has 1 N–H and O–H groups in total. The lowest BCUT2D eigenvalue weighted by Gasteiger charge is -2.19. The minimum Gasteiger partial charge on any atom is -0.385 e. The summed E-state index contributed by atoms with van der Waals surface area (Å²) in [5.74, 6) is 0.293. The molecule has 0 aliphatic heterocycles. The molecular weight excluding hydrogens is 274 g/mol. The lowest BCUT2D eigenvalue weighted by molar-refractivity contribution is 0.199. The second-order valence-electron chi connectivity index (χ2n) is 5.16. The molecule has 0 bridgehead atoms. The first-order valence-electron chi connectivity index (χ1n) is 6.83. The van der Waals surface area contributed by atoms with E-state index in [9.17, 15) is 8.42 Å². The standard InChI is InChI=1S/C15H25NO3S/c1-12-6-7-13(2)14(10-12)15(16-3)11-20(17,18)9-5-8-19-4/h6-7,10,15-16H,5,8-9,11H2,1-4H3. The van der Waals surface area contributed by atoms with Gasteiger partial charge in [0.15, 0.2) is 9.84 Å². The van der Waals surface area contributed by atoms with Crippen molar-refractivity contribution in [2.75, 3.05) is 32.3 Å². The van der Waals surface area contributed by atoms with Crippen LogP contribution >= 0.6 is 0 Å². The summed E-state index contributed by atoms with van der Waals surface area (Å²) in [6, 6.07) is 5.97. The third-order valence-electron chi connectivity index (χ3n) is 3.38. The normalized spacial score (nSPS) is 13.4. The Hall–Kier alpha value is -0.910. The number of benzene rings is 1. The van der Waals surface area contributed by atoms with Crippen LogP contribution in [-0.2, 0) is 14.6 Å². The Morgan fingerprint density at radius 3 is 2.60 bits per heavy atom. The van der Waals surface area contributed by atoms with Crippen LogP contribution in [0.4, 0.5) is 0 Å². The fourth-order valence-corrected chi connectivity index (χ4v) is 3.80. The molecule has 1 rings (SSSR count). The molecule has 0 aliphatic rings. The first-order valence-corrected chi connectivity index (χ1v) is 8.65. The SMILES string of the molecule is CNC(CS(=O)(=O)CCCOC)c1cc(C)ccc1C. The van der Waals surface area contributed by atoms with Crippen LogP contribution < -0.4 is 5.32 Å². The summed E-state index contributed by atoms with van der Waals surface area (Å²) in [4.78, 5) is 0. The van der Waals surface area contributed by atoms with Gasteiger partial charge in [0, 0.05) is 19.8 Å². The summed E-state index contributed by atoms with van der Waals surface area (Å²) in [6.45, 7) is 4.51. The Balaban J connectivity index is 2.83. The number of sulfone groups is 1. The fraction of sp³-hybridized carbons (Fsp3) is 0.600. The van der Waals surface area contributed by atoms with Gasteiger partial charge in [0.05, 0.1) is 11.5 Å². The molecule has 1 aromatic rings. The van der Waals surface area contributed by atoms with Gasteiger partial charge in [0.25, 0.3) is 0 Å². The second-order valence-corrected chi connectivity index (χ2v) is 7.39. The molecule has 0 amide bonds. The van der Waals surface area contributed by atoms with Crippen LogP contribution in [0.25, 0.3) is 0 Å². The highest BCUT2D eigenvalue weighted by Gasteiger charge is 2.20. The number of ether oxygens (including phenoxy) is 1. The van der Waals surface area contributed by atoms with E-state index in [4.69, 9.17) is 4.74 Å². The zero-order valence-corrected chi connectivity index (χ0v) is 13.6. The van der Waals surface area contributed by atoms with Crippen molar-refractivity contribution in [1.29, 1.82) is 0 Å². The molecule has 0 fully saturated rings. The number of nitrogens with one attached hydrogen (secondary N) is 1. The molecule has 1 unspecified atom stereocenters. The Morgan fingerprint density at radius 2 is 2.00 bits per heavy atom. The average Bonchev–Trinajstić information content (AvgIpc) is 2.39. The van der Waals surface area contributed by atoms with Gasteiger partial charge >= 0.3 is 0 Å². The summed E-state index contributed by atoms with van der Waals surface area (Å²) >= 11 is 0. The molecule has 0 aromatic heterocycles. The predicted molar refractivity (Wildman–Crippen MR) is 82.9 cm³/mol. The number of hydrogen-bond acceptors (Lipinski definition) is 4. The van der Waals surface area contributed by atoms with Gasteiger partial charge in [0.1, 0.15) is 0 Å². The largest absolute Gasteiger partial charge is 0.385 e. The van der Waals surface area contributed by atoms with Crippen molar-refractivity contribution in [3.63, 3.8) is 0 Å². The summed E-state index contributed by atoms with van der Waals surface area (Å²) in [6.07, 6.45) is 0.544. The molecule has 0 aliphatic carbocycles. The van der Waals surface area contributed by atoms with Crippen LogP contribution in [0.3, 0.4) is 0 Å². The summed E-state index contributed by atoms with van der Waals surface area (Å²) < 4.78 is 29.2. The Labute approximate surface area is 122 Å². The van der Waals surface area contributed by atoms with Crippen LogP contribution in [-0.4, -0.2) is 40.7 Å². The van der Waals surface area contributed by atoms with E-state index in [1.54, 1.807) is 14.2 Å². The van der Waals surface area contributed by atoms with Crippen molar-refractivity contribution in [3.8, 4) is 0 Å². The third-order valence-corrected chi connectivity index (χ3v) is 5.13. The van der Waals surface area contributed by atoms with Crippen molar-refractivity contribution in [2.24, 2.45) is 0 Å². The van der Waals surface area contributed by atoms with Crippen molar-refractivity contribution >= 4 is 9.84 Å². The lowest BCUT2D eigenvalue weighted by atomic mass is 10.0. The minimum atomic E-state index is -3.09. The summed E-state index contributed by atoms with van der Waals surface area (Å²) in [7, 11) is 0.300. The summed E-state index contributed by atoms with van der Waals surface area (Å²) in [5, 5.41) is 3.12. The number of aryl methyl sites for hydroxylation is 2. The molecule has 1 atom stereocenters. The van der Waals surface area contributed by atoms with Gasteiger partial charge < -0.3 is 10.1 Å². The molecule has 1 aromatic carbocycles. The maximum absolute atomic E-state index is 12.1. The topological polar surface area (TPSA) is 55.4 Å². The first-order chi connectivity index (χ1) is 9.39. The van der Waals surface area contributed by atoms with E-state index >= 15 is 0 Å². The van der Waals surface area contributed by atoms with E-state index in [1.165, 1.54) is 0 Å². The molecule has 4 nitrogen and oxygen atoms in total. The zero-order valence-electron chi connectivity index (χ0n) is 12.8. The molecule has 0 heterocycles. The van der Waals surface area contributed by atoms with Gasteiger partial charge in [-0.1, -0.05) is 23.8 Å². The zero-order chi connectivity index (χ0) is 15.2. The van der Waals surface area contributed by atoms with Crippen LogP contribution in [0.5, 0.6) is 0 Å². The maximum atomic E-state index is 12.1. The van der Waals surface area contributed by atoms with Crippen molar-refractivity contribution in [3.05, 3.63) is 34.9 Å². The fourth-order valence-electron chi connectivity index (χ4n) is 2.22. The second kappa shape index (κ2) is 7.76. The quantitative estimate of drug-likeness (QED) is 0.746. The van der Waals surface area contributed by atoms with Crippen LogP contribution in [0, 0.1) is 13.8 Å². The van der Waals surface area contributed by atoms with E-state index in [0.29, 0.717) is 13.0 Å². The molecule has 0 saturated carbocycles. The molecule has 0 spiro atoms. The predicted octanol–water partition coefficient (Wildman–Crippen LogP) is 2.02. The monoisotopic (exact) mass is 299 g/mol. The highest BCUT2D eigenvalue weighted by atomic mass is 32.2. The number of rotatable bonds is 8.